The Kier molecular flexibility index (Phi) is 3.99. The number of hydrogen-bond donors (Lipinski definition) is 1. The van der Waals surface area contributed by atoms with Crippen LogP contribution in [0.3, 0.4) is 0 Å². The number of carbonyl (C=O) groups is 2. The molecule has 1 saturated heterocycles. The van der Waals surface area contributed by atoms with Crippen LogP contribution in [-0.2, 0) is 14.3 Å². The first kappa shape index (κ1) is 12.6. The first-order valence-corrected chi connectivity index (χ1v) is 5.94. The molecular formula is C13H12ClNO3. The summed E-state index contributed by atoms with van der Waals surface area (Å²) in [6.45, 7) is 0.366. The van der Waals surface area contributed by atoms with Gasteiger partial charge in [-0.15, -0.1) is 0 Å². The van der Waals surface area contributed by atoms with Gasteiger partial charge >= 0.3 is 5.97 Å². The van der Waals surface area contributed by atoms with Crippen molar-refractivity contribution in [3.05, 3.63) is 40.9 Å². The predicted molar refractivity (Wildman–Crippen MR) is 68.0 cm³/mol. The number of esters is 1. The van der Waals surface area contributed by atoms with Gasteiger partial charge in [0, 0.05) is 17.5 Å². The molecule has 1 fully saturated rings. The second kappa shape index (κ2) is 5.69. The maximum Gasteiger partial charge on any atom is 0.328 e. The molecule has 0 unspecified atom stereocenters. The Labute approximate surface area is 110 Å². The third kappa shape index (κ3) is 3.34. The van der Waals surface area contributed by atoms with Crippen molar-refractivity contribution in [3.8, 4) is 0 Å². The van der Waals surface area contributed by atoms with Gasteiger partial charge in [-0.1, -0.05) is 23.7 Å². The van der Waals surface area contributed by atoms with Crippen molar-refractivity contribution in [2.24, 2.45) is 0 Å². The van der Waals surface area contributed by atoms with Crippen LogP contribution in [0, 0.1) is 0 Å². The van der Waals surface area contributed by atoms with E-state index in [9.17, 15) is 9.59 Å². The number of benzene rings is 1. The molecule has 0 spiro atoms. The number of hydrogen-bond acceptors (Lipinski definition) is 3. The van der Waals surface area contributed by atoms with Crippen molar-refractivity contribution < 1.29 is 14.3 Å². The summed E-state index contributed by atoms with van der Waals surface area (Å²) >= 11 is 5.75. The summed E-state index contributed by atoms with van der Waals surface area (Å²) in [6, 6.07) is 6.57. The van der Waals surface area contributed by atoms with Crippen LogP contribution in [0.25, 0.3) is 6.08 Å². The molecule has 1 aromatic rings. The van der Waals surface area contributed by atoms with E-state index in [2.05, 4.69) is 5.32 Å². The van der Waals surface area contributed by atoms with Crippen LogP contribution in [0.2, 0.25) is 5.02 Å². The molecule has 1 heterocycles. The third-order valence-corrected chi connectivity index (χ3v) is 2.80. The van der Waals surface area contributed by atoms with Gasteiger partial charge in [0.15, 0.2) is 0 Å². The molecule has 0 bridgehead atoms. The molecule has 1 aromatic carbocycles. The maximum atomic E-state index is 11.6. The van der Waals surface area contributed by atoms with Gasteiger partial charge in [-0.25, -0.2) is 4.79 Å². The van der Waals surface area contributed by atoms with Crippen LogP contribution in [0.4, 0.5) is 0 Å². The Morgan fingerprint density at radius 3 is 2.72 bits per heavy atom. The lowest BCUT2D eigenvalue weighted by molar-refractivity contribution is -0.140. The quantitative estimate of drug-likeness (QED) is 0.670. The number of halogens is 1. The Bertz CT molecular complexity index is 482. The highest BCUT2D eigenvalue weighted by Gasteiger charge is 2.27. The Balaban J connectivity index is 1.90. The predicted octanol–water partition coefficient (Wildman–Crippen LogP) is 1.78. The molecular weight excluding hydrogens is 254 g/mol. The number of nitrogens with one attached hydrogen (secondary N) is 1. The van der Waals surface area contributed by atoms with Crippen molar-refractivity contribution in [1.29, 1.82) is 0 Å². The largest absolute Gasteiger partial charge is 0.464 e. The van der Waals surface area contributed by atoms with Crippen molar-refractivity contribution >= 4 is 29.6 Å². The Hall–Kier alpha value is -1.81. The second-order valence-electron chi connectivity index (χ2n) is 3.90. The number of carbonyl (C=O) groups excluding carboxylic acids is 2. The molecule has 4 nitrogen and oxygen atoms in total. The van der Waals surface area contributed by atoms with Crippen LogP contribution in [0.1, 0.15) is 12.0 Å². The first-order valence-electron chi connectivity index (χ1n) is 5.56. The fourth-order valence-corrected chi connectivity index (χ4v) is 1.72. The molecule has 1 atom stereocenters. The number of amides is 1. The zero-order chi connectivity index (χ0) is 13.0. The molecule has 1 aliphatic heterocycles. The summed E-state index contributed by atoms with van der Waals surface area (Å²) in [5.41, 5.74) is 0.864. The molecule has 1 amide bonds. The molecule has 5 heteroatoms. The van der Waals surface area contributed by atoms with E-state index in [1.54, 1.807) is 30.3 Å². The fraction of sp³-hybridized carbons (Fsp3) is 0.231. The Morgan fingerprint density at radius 2 is 2.11 bits per heavy atom. The summed E-state index contributed by atoms with van der Waals surface area (Å²) in [5.74, 6) is -0.683. The van der Waals surface area contributed by atoms with E-state index in [0.717, 1.165) is 5.56 Å². The van der Waals surface area contributed by atoms with Crippen molar-refractivity contribution in [2.45, 2.75) is 12.5 Å². The lowest BCUT2D eigenvalue weighted by Crippen LogP contribution is -2.36. The summed E-state index contributed by atoms with van der Waals surface area (Å²) < 4.78 is 4.75. The van der Waals surface area contributed by atoms with Crippen molar-refractivity contribution in [2.75, 3.05) is 6.61 Å². The maximum absolute atomic E-state index is 11.6. The highest BCUT2D eigenvalue weighted by molar-refractivity contribution is 6.30. The first-order chi connectivity index (χ1) is 8.65. The van der Waals surface area contributed by atoms with Gasteiger partial charge in [-0.2, -0.15) is 0 Å². The summed E-state index contributed by atoms with van der Waals surface area (Å²) in [6.07, 6.45) is 3.57. The minimum atomic E-state index is -0.521. The molecule has 94 valence electrons. The van der Waals surface area contributed by atoms with E-state index >= 15 is 0 Å². The number of ether oxygens (including phenoxy) is 1. The molecule has 0 saturated carbocycles. The SMILES string of the molecule is O=C(/C=C/c1ccc(Cl)cc1)N[C@H]1CCOC1=O. The lowest BCUT2D eigenvalue weighted by atomic mass is 10.2. The van der Waals surface area contributed by atoms with Crippen LogP contribution in [0.15, 0.2) is 30.3 Å². The van der Waals surface area contributed by atoms with Gasteiger partial charge in [-0.3, -0.25) is 4.79 Å². The molecule has 0 radical (unpaired) electrons. The van der Waals surface area contributed by atoms with Crippen LogP contribution >= 0.6 is 11.6 Å². The Morgan fingerprint density at radius 1 is 1.39 bits per heavy atom. The van der Waals surface area contributed by atoms with E-state index in [0.29, 0.717) is 18.1 Å². The average Bonchev–Trinajstić information content (AvgIpc) is 2.74. The van der Waals surface area contributed by atoms with E-state index in [-0.39, 0.29) is 11.9 Å². The zero-order valence-electron chi connectivity index (χ0n) is 9.56. The van der Waals surface area contributed by atoms with Gasteiger partial charge in [0.1, 0.15) is 6.04 Å². The number of cyclic esters (lactones) is 1. The minimum absolute atomic E-state index is 0.311. The number of rotatable bonds is 3. The van der Waals surface area contributed by atoms with Gasteiger partial charge in [0.2, 0.25) is 5.91 Å². The molecule has 18 heavy (non-hydrogen) atoms. The van der Waals surface area contributed by atoms with E-state index in [1.807, 2.05) is 0 Å². The molecule has 0 aromatic heterocycles. The average molecular weight is 266 g/mol. The van der Waals surface area contributed by atoms with Gasteiger partial charge in [0.25, 0.3) is 0 Å². The van der Waals surface area contributed by atoms with Gasteiger partial charge in [-0.05, 0) is 23.8 Å². The van der Waals surface area contributed by atoms with Crippen molar-refractivity contribution in [1.82, 2.24) is 5.32 Å². The topological polar surface area (TPSA) is 55.4 Å². The second-order valence-corrected chi connectivity index (χ2v) is 4.34. The molecule has 0 aliphatic carbocycles. The third-order valence-electron chi connectivity index (χ3n) is 2.55. The zero-order valence-corrected chi connectivity index (χ0v) is 10.3. The molecule has 1 aliphatic rings. The highest BCUT2D eigenvalue weighted by Crippen LogP contribution is 2.10. The fourth-order valence-electron chi connectivity index (χ4n) is 1.59. The van der Waals surface area contributed by atoms with Gasteiger partial charge in [0.05, 0.1) is 6.61 Å². The van der Waals surface area contributed by atoms with Crippen LogP contribution in [0.5, 0.6) is 0 Å². The minimum Gasteiger partial charge on any atom is -0.464 e. The summed E-state index contributed by atoms with van der Waals surface area (Å²) in [5, 5.41) is 3.23. The monoisotopic (exact) mass is 265 g/mol. The molecule has 1 N–H and O–H groups in total. The van der Waals surface area contributed by atoms with Crippen LogP contribution < -0.4 is 5.32 Å². The van der Waals surface area contributed by atoms with Crippen molar-refractivity contribution in [3.63, 3.8) is 0 Å². The molecule has 2 rings (SSSR count). The standard InChI is InChI=1S/C13H12ClNO3/c14-10-4-1-9(2-5-10)3-6-12(16)15-11-7-8-18-13(11)17/h1-6,11H,7-8H2,(H,15,16)/b6-3+/t11-/m0/s1. The smallest absolute Gasteiger partial charge is 0.328 e. The summed E-state index contributed by atoms with van der Waals surface area (Å²) in [7, 11) is 0. The summed E-state index contributed by atoms with van der Waals surface area (Å²) in [4.78, 5) is 22.7. The lowest BCUT2D eigenvalue weighted by Gasteiger charge is -2.05. The normalized spacial score (nSPS) is 18.9. The van der Waals surface area contributed by atoms with E-state index in [1.165, 1.54) is 6.08 Å². The van der Waals surface area contributed by atoms with Crippen LogP contribution in [-0.4, -0.2) is 24.5 Å². The highest BCUT2D eigenvalue weighted by atomic mass is 35.5. The van der Waals surface area contributed by atoms with E-state index in [4.69, 9.17) is 16.3 Å². The van der Waals surface area contributed by atoms with Gasteiger partial charge < -0.3 is 10.1 Å². The van der Waals surface area contributed by atoms with E-state index < -0.39 is 6.04 Å².